The van der Waals surface area contributed by atoms with Gasteiger partial charge in [0, 0.05) is 0 Å². The molecule has 59 heavy (non-hydrogen) atoms. The van der Waals surface area contributed by atoms with E-state index in [0.29, 0.717) is 5.92 Å². The van der Waals surface area contributed by atoms with E-state index in [1.807, 2.05) is 18.2 Å². The van der Waals surface area contributed by atoms with Crippen LogP contribution in [0.3, 0.4) is 0 Å². The van der Waals surface area contributed by atoms with E-state index in [1.54, 1.807) is 5.57 Å². The fraction of sp³-hybridized carbons (Fsp3) is 0.119. The van der Waals surface area contributed by atoms with Gasteiger partial charge in [-0.05, 0) is 166 Å². The van der Waals surface area contributed by atoms with Crippen LogP contribution in [0.5, 0.6) is 0 Å². The lowest BCUT2D eigenvalue weighted by Gasteiger charge is -2.38. The van der Waals surface area contributed by atoms with Crippen molar-refractivity contribution in [1.29, 1.82) is 0 Å². The highest BCUT2D eigenvalue weighted by atomic mass is 14.6. The highest BCUT2D eigenvalue weighted by Crippen LogP contribution is 2.67. The van der Waals surface area contributed by atoms with E-state index in [1.165, 1.54) is 88.3 Å². The molecule has 0 radical (unpaired) electrons. The quantitative estimate of drug-likeness (QED) is 0.159. The summed E-state index contributed by atoms with van der Waals surface area (Å²) in [5, 5.41) is 4.98. The third-order valence-corrected chi connectivity index (χ3v) is 13.8. The molecule has 4 aliphatic rings. The Hall–Kier alpha value is -6.76. The van der Waals surface area contributed by atoms with E-state index in [0.717, 1.165) is 47.1 Å². The van der Waals surface area contributed by atoms with Gasteiger partial charge in [0.05, 0.1) is 5.41 Å². The van der Waals surface area contributed by atoms with Gasteiger partial charge in [-0.1, -0.05) is 178 Å². The molecule has 0 saturated heterocycles. The first-order chi connectivity index (χ1) is 29.0. The van der Waals surface area contributed by atoms with Gasteiger partial charge in [-0.25, -0.2) is 0 Å². The SMILES string of the molecule is C=Cc1ccc(-c2c(C=C)c(C=C)c(-c3ccc4c5c(ccc4c3)-c3ccc4c(c3C53C5=C(C=CCC5C)c5ccccc53)C=CCC4)c3ccccc23)cc1/C=C\C. The lowest BCUT2D eigenvalue weighted by atomic mass is 9.63. The van der Waals surface area contributed by atoms with Gasteiger partial charge >= 0.3 is 0 Å². The maximum atomic E-state index is 4.44. The van der Waals surface area contributed by atoms with Crippen LogP contribution in [0.15, 0.2) is 159 Å². The largest absolute Gasteiger partial charge is 0.0984 e. The second-order valence-electron chi connectivity index (χ2n) is 16.7. The maximum Gasteiger partial charge on any atom is 0.0703 e. The second-order valence-corrected chi connectivity index (χ2v) is 16.7. The fourth-order valence-corrected chi connectivity index (χ4v) is 11.5. The molecule has 282 valence electrons. The van der Waals surface area contributed by atoms with Gasteiger partial charge in [-0.15, -0.1) is 0 Å². The van der Waals surface area contributed by atoms with Gasteiger partial charge in [0.1, 0.15) is 0 Å². The minimum atomic E-state index is -0.377. The molecule has 2 unspecified atom stereocenters. The van der Waals surface area contributed by atoms with Gasteiger partial charge in [0.25, 0.3) is 0 Å². The molecule has 0 fully saturated rings. The molecule has 0 aromatic heterocycles. The standard InChI is InChI=1S/C59H46/c1-6-17-39-34-41(27-26-37(39)7-2)54-43(8-3)44(9-4)55(49-23-13-12-22-48(49)54)42-30-31-46-40(35-42)29-33-52-51-32-28-38-19-10-11-20-45(38)57(51)59(58(46)52)53-25-15-14-21-47(53)50-24-16-18-36(5)56(50)59/h6-9,11-17,20-36H,2-4,10,18-19H2,1,5H3/b17-6-. The average molecular weight is 755 g/mol. The number of benzene rings is 7. The van der Waals surface area contributed by atoms with Crippen molar-refractivity contribution >= 4 is 57.5 Å². The lowest BCUT2D eigenvalue weighted by Crippen LogP contribution is -2.32. The van der Waals surface area contributed by atoms with Crippen LogP contribution in [0.4, 0.5) is 0 Å². The van der Waals surface area contributed by atoms with Gasteiger partial charge in [0.2, 0.25) is 0 Å². The monoisotopic (exact) mass is 754 g/mol. The third-order valence-electron chi connectivity index (χ3n) is 13.8. The predicted octanol–water partition coefficient (Wildman–Crippen LogP) is 15.9. The molecule has 0 heteroatoms. The molecule has 11 rings (SSSR count). The van der Waals surface area contributed by atoms with E-state index in [9.17, 15) is 0 Å². The summed E-state index contributed by atoms with van der Waals surface area (Å²) in [5.41, 5.74) is 23.1. The van der Waals surface area contributed by atoms with Gasteiger partial charge in [-0.3, -0.25) is 0 Å². The molecule has 0 heterocycles. The van der Waals surface area contributed by atoms with Crippen molar-refractivity contribution in [2.24, 2.45) is 5.92 Å². The molecule has 1 spiro atoms. The molecule has 0 N–H and O–H groups in total. The zero-order valence-electron chi connectivity index (χ0n) is 33.9. The Kier molecular flexibility index (Phi) is 8.04. The highest BCUT2D eigenvalue weighted by Gasteiger charge is 2.55. The minimum Gasteiger partial charge on any atom is -0.0984 e. The van der Waals surface area contributed by atoms with E-state index >= 15 is 0 Å². The summed E-state index contributed by atoms with van der Waals surface area (Å²) in [5.74, 6) is 0.401. The van der Waals surface area contributed by atoms with Gasteiger partial charge in [0.15, 0.2) is 0 Å². The molecular formula is C59H46. The Balaban J connectivity index is 1.20. The third kappa shape index (κ3) is 4.78. The number of rotatable bonds is 6. The molecule has 2 atom stereocenters. The van der Waals surface area contributed by atoms with Crippen LogP contribution in [-0.4, -0.2) is 0 Å². The Morgan fingerprint density at radius 2 is 1.34 bits per heavy atom. The van der Waals surface area contributed by atoms with E-state index in [2.05, 4.69) is 179 Å². The Bertz CT molecular complexity index is 3150. The van der Waals surface area contributed by atoms with Crippen LogP contribution in [0, 0.1) is 5.92 Å². The number of hydrogen-bond donors (Lipinski definition) is 0. The molecule has 7 aromatic rings. The summed E-state index contributed by atoms with van der Waals surface area (Å²) in [4.78, 5) is 0. The number of fused-ring (bicyclic) bond motifs is 14. The number of hydrogen-bond acceptors (Lipinski definition) is 0. The van der Waals surface area contributed by atoms with Crippen molar-refractivity contribution in [2.75, 3.05) is 0 Å². The van der Waals surface area contributed by atoms with Crippen molar-refractivity contribution in [1.82, 2.24) is 0 Å². The maximum absolute atomic E-state index is 4.44. The van der Waals surface area contributed by atoms with Crippen LogP contribution < -0.4 is 0 Å². The van der Waals surface area contributed by atoms with Crippen molar-refractivity contribution in [2.45, 2.75) is 38.5 Å². The van der Waals surface area contributed by atoms with Crippen molar-refractivity contribution in [3.63, 3.8) is 0 Å². The molecular weight excluding hydrogens is 709 g/mol. The first kappa shape index (κ1) is 35.4. The Morgan fingerprint density at radius 1 is 0.627 bits per heavy atom. The molecule has 0 aliphatic heterocycles. The van der Waals surface area contributed by atoms with Crippen molar-refractivity contribution in [3.05, 3.63) is 214 Å². The summed E-state index contributed by atoms with van der Waals surface area (Å²) >= 11 is 0. The van der Waals surface area contributed by atoms with Gasteiger partial charge in [-0.2, -0.15) is 0 Å². The fourth-order valence-electron chi connectivity index (χ4n) is 11.5. The van der Waals surface area contributed by atoms with Crippen molar-refractivity contribution in [3.8, 4) is 33.4 Å². The van der Waals surface area contributed by atoms with Gasteiger partial charge < -0.3 is 0 Å². The number of allylic oxidation sites excluding steroid dienone is 6. The van der Waals surface area contributed by atoms with Crippen LogP contribution in [0.25, 0.3) is 90.9 Å². The predicted molar refractivity (Wildman–Crippen MR) is 256 cm³/mol. The molecule has 4 aliphatic carbocycles. The van der Waals surface area contributed by atoms with E-state index in [4.69, 9.17) is 0 Å². The zero-order valence-corrected chi connectivity index (χ0v) is 33.9. The van der Waals surface area contributed by atoms with E-state index < -0.39 is 0 Å². The number of aryl methyl sites for hydroxylation is 1. The van der Waals surface area contributed by atoms with Crippen LogP contribution in [0.2, 0.25) is 0 Å². The lowest BCUT2D eigenvalue weighted by molar-refractivity contribution is 0.592. The molecule has 0 nitrogen and oxygen atoms in total. The normalized spacial score (nSPS) is 18.3. The van der Waals surface area contributed by atoms with Crippen molar-refractivity contribution < 1.29 is 0 Å². The van der Waals surface area contributed by atoms with Crippen LogP contribution in [-0.2, 0) is 11.8 Å². The molecule has 0 amide bonds. The molecule has 0 saturated carbocycles. The summed E-state index contributed by atoms with van der Waals surface area (Å²) in [6.45, 7) is 17.4. The van der Waals surface area contributed by atoms with E-state index in [-0.39, 0.29) is 5.41 Å². The summed E-state index contributed by atoms with van der Waals surface area (Å²) in [6, 6.07) is 41.7. The van der Waals surface area contributed by atoms with Crippen LogP contribution in [0.1, 0.15) is 82.3 Å². The minimum absolute atomic E-state index is 0.377. The molecule has 7 aromatic carbocycles. The zero-order chi connectivity index (χ0) is 40.0. The Morgan fingerprint density at radius 3 is 2.10 bits per heavy atom. The summed E-state index contributed by atoms with van der Waals surface area (Å²) in [7, 11) is 0. The first-order valence-electron chi connectivity index (χ1n) is 21.2. The smallest absolute Gasteiger partial charge is 0.0703 e. The second kappa shape index (κ2) is 13.4. The Labute approximate surface area is 348 Å². The molecule has 0 bridgehead atoms. The first-order valence-corrected chi connectivity index (χ1v) is 21.2. The summed E-state index contributed by atoms with van der Waals surface area (Å²) in [6.07, 6.45) is 23.1. The highest BCUT2D eigenvalue weighted by molar-refractivity contribution is 6.13. The van der Waals surface area contributed by atoms with Crippen LogP contribution >= 0.6 is 0 Å². The summed E-state index contributed by atoms with van der Waals surface area (Å²) < 4.78 is 0. The average Bonchev–Trinajstić information content (AvgIpc) is 3.76. The topological polar surface area (TPSA) is 0 Å².